The zero-order chi connectivity index (χ0) is 16.4. The van der Waals surface area contributed by atoms with Crippen LogP contribution in [0.3, 0.4) is 0 Å². The van der Waals surface area contributed by atoms with Crippen LogP contribution in [0.4, 0.5) is 5.82 Å². The Bertz CT molecular complexity index is 685. The van der Waals surface area contributed by atoms with Crippen molar-refractivity contribution < 1.29 is 14.2 Å². The van der Waals surface area contributed by atoms with Gasteiger partial charge in [0.1, 0.15) is 30.1 Å². The summed E-state index contributed by atoms with van der Waals surface area (Å²) >= 11 is 0. The normalized spacial score (nSPS) is 26.0. The lowest BCUT2D eigenvalue weighted by Crippen LogP contribution is -2.52. The van der Waals surface area contributed by atoms with E-state index in [-0.39, 0.29) is 18.2 Å². The number of methoxy groups -OCH3 is 1. The van der Waals surface area contributed by atoms with E-state index in [2.05, 4.69) is 19.9 Å². The van der Waals surface area contributed by atoms with Crippen LogP contribution in [0, 0.1) is 0 Å². The highest BCUT2D eigenvalue weighted by molar-refractivity contribution is 5.43. The number of hydrogen-bond acceptors (Lipinski definition) is 7. The molecular weight excluding hydrogens is 308 g/mol. The first-order valence-corrected chi connectivity index (χ1v) is 8.16. The Labute approximate surface area is 140 Å². The third kappa shape index (κ3) is 2.87. The molecule has 0 aromatic carbocycles. The summed E-state index contributed by atoms with van der Waals surface area (Å²) in [6, 6.07) is 5.93. The van der Waals surface area contributed by atoms with E-state index in [0.717, 1.165) is 31.0 Å². The molecule has 126 valence electrons. The summed E-state index contributed by atoms with van der Waals surface area (Å²) in [5, 5.41) is 0. The Morgan fingerprint density at radius 1 is 1.29 bits per heavy atom. The summed E-state index contributed by atoms with van der Waals surface area (Å²) < 4.78 is 17.4. The van der Waals surface area contributed by atoms with Gasteiger partial charge in [0, 0.05) is 18.8 Å². The number of aromatic nitrogens is 3. The largest absolute Gasteiger partial charge is 0.486 e. The highest BCUT2D eigenvalue weighted by Crippen LogP contribution is 2.35. The monoisotopic (exact) mass is 328 g/mol. The third-order valence-corrected chi connectivity index (χ3v) is 4.59. The molecule has 3 heterocycles. The minimum Gasteiger partial charge on any atom is -0.486 e. The quantitative estimate of drug-likeness (QED) is 0.846. The van der Waals surface area contributed by atoms with Crippen molar-refractivity contribution in [3.05, 3.63) is 36.9 Å². The second-order valence-electron chi connectivity index (χ2n) is 5.94. The molecule has 1 aliphatic carbocycles. The highest BCUT2D eigenvalue weighted by atomic mass is 16.5. The van der Waals surface area contributed by atoms with E-state index in [1.807, 2.05) is 18.2 Å². The molecule has 4 rings (SSSR count). The second-order valence-corrected chi connectivity index (χ2v) is 5.94. The number of ether oxygens (including phenoxy) is 3. The molecule has 0 bridgehead atoms. The summed E-state index contributed by atoms with van der Waals surface area (Å²) in [6.07, 6.45) is 7.03. The molecule has 2 fully saturated rings. The molecule has 0 amide bonds. The zero-order valence-corrected chi connectivity index (χ0v) is 13.5. The standard InChI is InChI=1S/C17H20N4O3/c1-22-16-9-15(19-11-20-16)21-7-8-23-17-13(21)4-5-14(17)24-12-3-2-6-18-10-12/h2-3,6,9-11,13-14,17H,4-5,7-8H2,1H3/t13-,14+,17+/m1/s1. The van der Waals surface area contributed by atoms with Crippen LogP contribution in [0.15, 0.2) is 36.9 Å². The third-order valence-electron chi connectivity index (χ3n) is 4.59. The lowest BCUT2D eigenvalue weighted by molar-refractivity contribution is -0.0309. The van der Waals surface area contributed by atoms with Crippen LogP contribution >= 0.6 is 0 Å². The van der Waals surface area contributed by atoms with E-state index in [0.29, 0.717) is 12.5 Å². The van der Waals surface area contributed by atoms with E-state index >= 15 is 0 Å². The van der Waals surface area contributed by atoms with Crippen LogP contribution in [-0.2, 0) is 4.74 Å². The Kier molecular flexibility index (Phi) is 4.17. The lowest BCUT2D eigenvalue weighted by Gasteiger charge is -2.39. The van der Waals surface area contributed by atoms with Crippen LogP contribution in [-0.4, -0.2) is 53.5 Å². The van der Waals surface area contributed by atoms with Gasteiger partial charge in [-0.15, -0.1) is 0 Å². The number of pyridine rings is 1. The number of anilines is 1. The molecule has 2 aliphatic rings. The van der Waals surface area contributed by atoms with Gasteiger partial charge in [-0.2, -0.15) is 0 Å². The van der Waals surface area contributed by atoms with Gasteiger partial charge in [0.15, 0.2) is 0 Å². The fourth-order valence-corrected chi connectivity index (χ4v) is 3.52. The smallest absolute Gasteiger partial charge is 0.218 e. The van der Waals surface area contributed by atoms with Crippen molar-refractivity contribution in [1.82, 2.24) is 15.0 Å². The molecule has 3 atom stereocenters. The summed E-state index contributed by atoms with van der Waals surface area (Å²) in [7, 11) is 1.61. The highest BCUT2D eigenvalue weighted by Gasteiger charge is 2.44. The topological polar surface area (TPSA) is 69.6 Å². The first kappa shape index (κ1) is 15.1. The van der Waals surface area contributed by atoms with Gasteiger partial charge >= 0.3 is 0 Å². The van der Waals surface area contributed by atoms with Crippen molar-refractivity contribution in [3.8, 4) is 11.6 Å². The molecule has 1 aliphatic heterocycles. The maximum absolute atomic E-state index is 6.10. The van der Waals surface area contributed by atoms with Crippen molar-refractivity contribution >= 4 is 5.82 Å². The molecular formula is C17H20N4O3. The predicted molar refractivity (Wildman–Crippen MR) is 87.3 cm³/mol. The molecule has 0 N–H and O–H groups in total. The lowest BCUT2D eigenvalue weighted by atomic mass is 10.1. The van der Waals surface area contributed by atoms with Crippen molar-refractivity contribution in [3.63, 3.8) is 0 Å². The number of nitrogens with zero attached hydrogens (tertiary/aromatic N) is 4. The van der Waals surface area contributed by atoms with Crippen molar-refractivity contribution in [2.24, 2.45) is 0 Å². The molecule has 2 aromatic heterocycles. The summed E-state index contributed by atoms with van der Waals surface area (Å²) in [6.45, 7) is 1.46. The first-order valence-electron chi connectivity index (χ1n) is 8.16. The van der Waals surface area contributed by atoms with Gasteiger partial charge in [-0.25, -0.2) is 9.97 Å². The molecule has 2 aromatic rings. The second kappa shape index (κ2) is 6.60. The van der Waals surface area contributed by atoms with Crippen LogP contribution in [0.2, 0.25) is 0 Å². The van der Waals surface area contributed by atoms with Crippen LogP contribution in [0.25, 0.3) is 0 Å². The van der Waals surface area contributed by atoms with Gasteiger partial charge in [-0.05, 0) is 25.0 Å². The molecule has 1 saturated heterocycles. The van der Waals surface area contributed by atoms with Gasteiger partial charge in [0.2, 0.25) is 5.88 Å². The number of hydrogen-bond donors (Lipinski definition) is 0. The Balaban J connectivity index is 1.52. The van der Waals surface area contributed by atoms with Gasteiger partial charge in [0.05, 0.1) is 26.0 Å². The summed E-state index contributed by atoms with van der Waals surface area (Å²) in [5.41, 5.74) is 0. The number of fused-ring (bicyclic) bond motifs is 1. The minimum absolute atomic E-state index is 0.0277. The van der Waals surface area contributed by atoms with Gasteiger partial charge in [-0.3, -0.25) is 4.98 Å². The minimum atomic E-state index is 0.0277. The molecule has 1 saturated carbocycles. The summed E-state index contributed by atoms with van der Waals surface area (Å²) in [5.74, 6) is 2.24. The SMILES string of the molecule is COc1cc(N2CCO[C@@H]3[C@@H](Oc4cccnc4)CC[C@H]32)ncn1. The van der Waals surface area contributed by atoms with Crippen LogP contribution < -0.4 is 14.4 Å². The molecule has 0 radical (unpaired) electrons. The van der Waals surface area contributed by atoms with Crippen molar-refractivity contribution in [2.45, 2.75) is 31.1 Å². The van der Waals surface area contributed by atoms with E-state index < -0.39 is 0 Å². The van der Waals surface area contributed by atoms with Gasteiger partial charge < -0.3 is 19.1 Å². The average Bonchev–Trinajstić information content (AvgIpc) is 3.05. The molecule has 0 spiro atoms. The Hall–Kier alpha value is -2.41. The zero-order valence-electron chi connectivity index (χ0n) is 13.5. The number of rotatable bonds is 4. The molecule has 0 unspecified atom stereocenters. The average molecular weight is 328 g/mol. The fourth-order valence-electron chi connectivity index (χ4n) is 3.52. The van der Waals surface area contributed by atoms with Crippen LogP contribution in [0.1, 0.15) is 12.8 Å². The van der Waals surface area contributed by atoms with E-state index in [1.165, 1.54) is 6.33 Å². The van der Waals surface area contributed by atoms with E-state index in [4.69, 9.17) is 14.2 Å². The molecule has 24 heavy (non-hydrogen) atoms. The van der Waals surface area contributed by atoms with Crippen LogP contribution in [0.5, 0.6) is 11.6 Å². The summed E-state index contributed by atoms with van der Waals surface area (Å²) in [4.78, 5) is 14.9. The molecule has 7 nitrogen and oxygen atoms in total. The van der Waals surface area contributed by atoms with E-state index in [9.17, 15) is 0 Å². The van der Waals surface area contributed by atoms with Crippen molar-refractivity contribution in [2.75, 3.05) is 25.2 Å². The fraction of sp³-hybridized carbons (Fsp3) is 0.471. The van der Waals surface area contributed by atoms with Gasteiger partial charge in [-0.1, -0.05) is 0 Å². The maximum Gasteiger partial charge on any atom is 0.218 e. The number of morpholine rings is 1. The molecule has 7 heteroatoms. The first-order chi connectivity index (χ1) is 11.8. The van der Waals surface area contributed by atoms with E-state index in [1.54, 1.807) is 19.5 Å². The maximum atomic E-state index is 6.10. The predicted octanol–water partition coefficient (Wildman–Crippen LogP) is 1.70. The Morgan fingerprint density at radius 3 is 3.08 bits per heavy atom. The Morgan fingerprint density at radius 2 is 2.25 bits per heavy atom. The van der Waals surface area contributed by atoms with Crippen molar-refractivity contribution in [1.29, 1.82) is 0 Å². The van der Waals surface area contributed by atoms with Gasteiger partial charge in [0.25, 0.3) is 0 Å².